The number of rotatable bonds is 4. The zero-order valence-electron chi connectivity index (χ0n) is 13.8. The van der Waals surface area contributed by atoms with E-state index in [1.54, 1.807) is 13.8 Å². The number of carbonyl (C=O) groups excluding carboxylic acids is 2. The first-order chi connectivity index (χ1) is 10.6. The van der Waals surface area contributed by atoms with Crippen molar-refractivity contribution in [2.24, 2.45) is 5.92 Å². The lowest BCUT2D eigenvalue weighted by Crippen LogP contribution is -2.68. The van der Waals surface area contributed by atoms with E-state index in [0.717, 1.165) is 0 Å². The Balaban J connectivity index is 1.90. The quantitative estimate of drug-likeness (QED) is 0.636. The maximum absolute atomic E-state index is 12.0. The summed E-state index contributed by atoms with van der Waals surface area (Å²) in [5.41, 5.74) is -1.80. The predicted octanol–water partition coefficient (Wildman–Crippen LogP) is 2.43. The Bertz CT molecular complexity index is 561. The van der Waals surface area contributed by atoms with Crippen LogP contribution in [-0.2, 0) is 19.1 Å². The van der Waals surface area contributed by atoms with Gasteiger partial charge in [0, 0.05) is 30.4 Å². The fourth-order valence-corrected chi connectivity index (χ4v) is 5.01. The van der Waals surface area contributed by atoms with Gasteiger partial charge in [0.05, 0.1) is 5.60 Å². The van der Waals surface area contributed by atoms with Crippen molar-refractivity contribution in [3.63, 3.8) is 0 Å². The molecule has 2 unspecified atom stereocenters. The molecule has 4 bridgehead atoms. The third-order valence-corrected chi connectivity index (χ3v) is 5.25. The molecule has 0 aromatic heterocycles. The first kappa shape index (κ1) is 16.2. The molecule has 4 aliphatic rings. The normalized spacial score (nSPS) is 40.6. The number of hydrogen-bond acceptors (Lipinski definition) is 5. The first-order valence-electron chi connectivity index (χ1n) is 8.06. The second-order valence-electron chi connectivity index (χ2n) is 7.94. The number of carbonyl (C=O) groups is 2. The summed E-state index contributed by atoms with van der Waals surface area (Å²) in [6.45, 7) is 10.5. The Morgan fingerprint density at radius 2 is 1.35 bits per heavy atom. The molecule has 1 N–H and O–H groups in total. The molecule has 0 amide bonds. The number of aliphatic hydroxyl groups is 1. The van der Waals surface area contributed by atoms with Crippen molar-refractivity contribution in [2.45, 2.75) is 69.2 Å². The molecule has 5 heteroatoms. The number of ether oxygens (including phenoxy) is 2. The minimum absolute atomic E-state index is 0.187. The fourth-order valence-electron chi connectivity index (χ4n) is 5.01. The lowest BCUT2D eigenvalue weighted by Gasteiger charge is -2.63. The van der Waals surface area contributed by atoms with Crippen LogP contribution in [0.5, 0.6) is 0 Å². The second kappa shape index (κ2) is 4.94. The molecule has 0 spiro atoms. The van der Waals surface area contributed by atoms with E-state index in [0.29, 0.717) is 49.7 Å². The smallest absolute Gasteiger partial charge is 0.333 e. The Labute approximate surface area is 136 Å². The topological polar surface area (TPSA) is 72.8 Å². The highest BCUT2D eigenvalue weighted by atomic mass is 16.6. The van der Waals surface area contributed by atoms with Crippen LogP contribution >= 0.6 is 0 Å². The minimum atomic E-state index is -0.940. The molecule has 0 aromatic carbocycles. The van der Waals surface area contributed by atoms with Gasteiger partial charge in [-0.15, -0.1) is 0 Å². The summed E-state index contributed by atoms with van der Waals surface area (Å²) in [4.78, 5) is 24.1. The van der Waals surface area contributed by atoms with Crippen LogP contribution in [0, 0.1) is 5.92 Å². The maximum atomic E-state index is 12.0. The van der Waals surface area contributed by atoms with Gasteiger partial charge in [-0.25, -0.2) is 9.59 Å². The molecule has 2 atom stereocenters. The monoisotopic (exact) mass is 320 g/mol. The maximum Gasteiger partial charge on any atom is 0.333 e. The van der Waals surface area contributed by atoms with Gasteiger partial charge in [0.25, 0.3) is 0 Å². The molecule has 0 aliphatic heterocycles. The Hall–Kier alpha value is -1.62. The zero-order valence-corrected chi connectivity index (χ0v) is 13.8. The van der Waals surface area contributed by atoms with Crippen LogP contribution in [0.4, 0.5) is 0 Å². The summed E-state index contributed by atoms with van der Waals surface area (Å²) in [5.74, 6) is -0.707. The summed E-state index contributed by atoms with van der Waals surface area (Å²) < 4.78 is 11.5. The van der Waals surface area contributed by atoms with Crippen LogP contribution < -0.4 is 0 Å². The Morgan fingerprint density at radius 1 is 0.913 bits per heavy atom. The van der Waals surface area contributed by atoms with Crippen molar-refractivity contribution in [3.05, 3.63) is 24.3 Å². The van der Waals surface area contributed by atoms with Crippen molar-refractivity contribution in [1.29, 1.82) is 0 Å². The van der Waals surface area contributed by atoms with Crippen LogP contribution in [0.15, 0.2) is 24.3 Å². The molecule has 4 fully saturated rings. The predicted molar refractivity (Wildman–Crippen MR) is 83.4 cm³/mol. The lowest BCUT2D eigenvalue weighted by atomic mass is 9.50. The van der Waals surface area contributed by atoms with Crippen molar-refractivity contribution < 1.29 is 24.2 Å². The largest absolute Gasteiger partial charge is 0.455 e. The van der Waals surface area contributed by atoms with E-state index in [1.807, 2.05) is 0 Å². The molecule has 0 saturated heterocycles. The molecule has 5 nitrogen and oxygen atoms in total. The molecule has 23 heavy (non-hydrogen) atoms. The van der Waals surface area contributed by atoms with Gasteiger partial charge in [0.15, 0.2) is 0 Å². The van der Waals surface area contributed by atoms with Crippen molar-refractivity contribution >= 4 is 11.9 Å². The van der Waals surface area contributed by atoms with Crippen molar-refractivity contribution in [3.8, 4) is 0 Å². The van der Waals surface area contributed by atoms with Gasteiger partial charge in [0.1, 0.15) is 11.2 Å². The van der Waals surface area contributed by atoms with E-state index in [2.05, 4.69) is 13.2 Å². The third kappa shape index (κ3) is 2.82. The summed E-state index contributed by atoms with van der Waals surface area (Å²) in [6, 6.07) is 0. The molecule has 0 radical (unpaired) electrons. The Morgan fingerprint density at radius 3 is 1.70 bits per heavy atom. The van der Waals surface area contributed by atoms with Crippen LogP contribution in [0.2, 0.25) is 0 Å². The molecule has 4 rings (SSSR count). The number of hydrogen-bond donors (Lipinski definition) is 1. The fraction of sp³-hybridized carbons (Fsp3) is 0.667. The van der Waals surface area contributed by atoms with Crippen LogP contribution in [0.3, 0.4) is 0 Å². The van der Waals surface area contributed by atoms with Crippen molar-refractivity contribution in [1.82, 2.24) is 0 Å². The van der Waals surface area contributed by atoms with Crippen LogP contribution in [0.25, 0.3) is 0 Å². The molecule has 0 aromatic rings. The minimum Gasteiger partial charge on any atom is -0.455 e. The van der Waals surface area contributed by atoms with E-state index in [4.69, 9.17) is 9.47 Å². The van der Waals surface area contributed by atoms with Gasteiger partial charge < -0.3 is 14.6 Å². The van der Waals surface area contributed by atoms with Crippen molar-refractivity contribution in [2.75, 3.05) is 0 Å². The van der Waals surface area contributed by atoms with E-state index in [-0.39, 0.29) is 5.92 Å². The molecule has 0 heterocycles. The van der Waals surface area contributed by atoms with Crippen LogP contribution in [0.1, 0.15) is 52.4 Å². The summed E-state index contributed by atoms with van der Waals surface area (Å²) in [5, 5.41) is 10.9. The highest BCUT2D eigenvalue weighted by Gasteiger charge is 2.66. The zero-order chi connectivity index (χ0) is 17.0. The van der Waals surface area contributed by atoms with E-state index < -0.39 is 28.7 Å². The summed E-state index contributed by atoms with van der Waals surface area (Å²) in [6.07, 6.45) is 3.34. The van der Waals surface area contributed by atoms with E-state index in [1.165, 1.54) is 0 Å². The average molecular weight is 320 g/mol. The molecule has 126 valence electrons. The van der Waals surface area contributed by atoms with Gasteiger partial charge in [-0.05, 0) is 39.0 Å². The molecule has 4 aliphatic carbocycles. The number of esters is 2. The SMILES string of the molecule is C=C(C)C(=O)OC12CC3CC(O)(C1)CC(OC(=O)C(=C)C)(C3)C2. The summed E-state index contributed by atoms with van der Waals surface area (Å²) in [7, 11) is 0. The third-order valence-electron chi connectivity index (χ3n) is 5.25. The van der Waals surface area contributed by atoms with E-state index >= 15 is 0 Å². The highest BCUT2D eigenvalue weighted by Crippen LogP contribution is 2.61. The average Bonchev–Trinajstić information content (AvgIpc) is 2.33. The molecule has 4 saturated carbocycles. The van der Waals surface area contributed by atoms with Gasteiger partial charge >= 0.3 is 11.9 Å². The molecular formula is C18H24O5. The van der Waals surface area contributed by atoms with Gasteiger partial charge in [0.2, 0.25) is 0 Å². The summed E-state index contributed by atoms with van der Waals surface area (Å²) >= 11 is 0. The van der Waals surface area contributed by atoms with Gasteiger partial charge in [-0.3, -0.25) is 0 Å². The Kier molecular flexibility index (Phi) is 3.49. The highest BCUT2D eigenvalue weighted by molar-refractivity contribution is 5.88. The molecular weight excluding hydrogens is 296 g/mol. The van der Waals surface area contributed by atoms with E-state index in [9.17, 15) is 14.7 Å². The standard InChI is InChI=1S/C18H24O5/c1-11(2)14(19)22-17-6-13-5-16(21,8-17)9-18(7-13,10-17)23-15(20)12(3)4/h13,21H,1,3,5-10H2,2,4H3. The van der Waals surface area contributed by atoms with Crippen LogP contribution in [-0.4, -0.2) is 33.8 Å². The lowest BCUT2D eigenvalue weighted by molar-refractivity contribution is -0.265. The van der Waals surface area contributed by atoms with Gasteiger partial charge in [-0.2, -0.15) is 0 Å². The first-order valence-corrected chi connectivity index (χ1v) is 8.06. The second-order valence-corrected chi connectivity index (χ2v) is 7.94. The van der Waals surface area contributed by atoms with Gasteiger partial charge in [-0.1, -0.05) is 13.2 Å².